The summed E-state index contributed by atoms with van der Waals surface area (Å²) in [6.45, 7) is -25.1. The third-order valence-electron chi connectivity index (χ3n) is 14.1. The van der Waals surface area contributed by atoms with Crippen LogP contribution in [0.1, 0.15) is 209 Å². The molecule has 7 rings (SSSR count). The predicted octanol–water partition coefficient (Wildman–Crippen LogP) is 4.04. The van der Waals surface area contributed by atoms with Gasteiger partial charge in [0.15, 0.2) is 17.2 Å². The Labute approximate surface area is 610 Å². The van der Waals surface area contributed by atoms with Gasteiger partial charge in [-0.25, -0.2) is 13.2 Å². The summed E-state index contributed by atoms with van der Waals surface area (Å²) in [5.41, 5.74) is -7.28. The van der Waals surface area contributed by atoms with Crippen molar-refractivity contribution >= 4 is 38.6 Å². The lowest BCUT2D eigenvalue weighted by molar-refractivity contribution is -0.321. The second-order valence-corrected chi connectivity index (χ2v) is 23.5. The molecular weight excluding hydrogens is 1340 g/mol. The first-order valence-corrected chi connectivity index (χ1v) is 31.2. The molecule has 1 amide bonds. The number of carbonyl (C=O) groups excluding carboxylic acids is 3. The van der Waals surface area contributed by atoms with Crippen molar-refractivity contribution in [1.82, 2.24) is 5.32 Å². The molecule has 0 aromatic heterocycles. The van der Waals surface area contributed by atoms with Crippen LogP contribution in [0.15, 0.2) is 71.7 Å². The molecule has 0 bridgehead atoms. The molecule has 0 aliphatic carbocycles. The summed E-state index contributed by atoms with van der Waals surface area (Å²) in [5, 5.41) is 81.7. The van der Waals surface area contributed by atoms with E-state index in [4.69, 9.17) is 88.7 Å². The number of fused-ring (bicyclic) bond motifs is 1. The number of hydrogen-bond donors (Lipinski definition) is 10. The molecule has 0 saturated carbocycles. The number of esters is 2. The van der Waals surface area contributed by atoms with Crippen molar-refractivity contribution in [2.24, 2.45) is 17.8 Å². The van der Waals surface area contributed by atoms with Crippen molar-refractivity contribution in [3.05, 3.63) is 71.7 Å². The normalized spacial score (nSPS) is 49.1. The molecule has 28 nitrogen and oxygen atoms in total. The summed E-state index contributed by atoms with van der Waals surface area (Å²) in [4.78, 5) is 39.7. The van der Waals surface area contributed by atoms with Crippen molar-refractivity contribution in [2.75, 3.05) is 32.9 Å². The van der Waals surface area contributed by atoms with Crippen molar-refractivity contribution in [3.8, 4) is 0 Å². The van der Waals surface area contributed by atoms with Crippen LogP contribution in [0.5, 0.6) is 0 Å². The van der Waals surface area contributed by atoms with E-state index in [0.29, 0.717) is 18.2 Å². The van der Waals surface area contributed by atoms with Crippen LogP contribution in [0.25, 0.3) is 0 Å². The molecule has 30 heteroatoms. The summed E-state index contributed by atoms with van der Waals surface area (Å²) < 4.78 is 451. The summed E-state index contributed by atoms with van der Waals surface area (Å²) in [6, 6.07) is -5.50. The van der Waals surface area contributed by atoms with Crippen LogP contribution in [0.4, 0.5) is 0 Å². The first kappa shape index (κ1) is 40.5. The van der Waals surface area contributed by atoms with Gasteiger partial charge in [-0.3, -0.25) is 18.7 Å². The molecule has 6 saturated heterocycles. The monoisotopic (exact) mass is 1480 g/mol. The van der Waals surface area contributed by atoms with Gasteiger partial charge >= 0.3 is 32.7 Å². The maximum absolute atomic E-state index is 14.2. The number of hydrogen-bond acceptors (Lipinski definition) is 25. The number of aliphatic hydroxyl groups excluding tert-OH is 5. The Morgan fingerprint density at radius 1 is 1.02 bits per heavy atom. The molecule has 6 fully saturated rings. The quantitative estimate of drug-likeness (QED) is 0.0154. The van der Waals surface area contributed by atoms with Gasteiger partial charge in [-0.2, -0.15) is 16.8 Å². The first-order chi connectivity index (χ1) is 60.3. The summed E-state index contributed by atoms with van der Waals surface area (Å²) in [5.74, 6) is -20.9. The van der Waals surface area contributed by atoms with E-state index in [1.54, 1.807) is 0 Å². The molecule has 540 valence electrons. The van der Waals surface area contributed by atoms with Gasteiger partial charge < -0.3 is 83.7 Å². The van der Waals surface area contributed by atoms with Crippen LogP contribution < -0.4 is 5.32 Å². The number of amides is 1. The average molecular weight is 1480 g/mol. The third kappa shape index (κ3) is 23.0. The highest BCUT2D eigenvalue weighted by molar-refractivity contribution is 7.81. The maximum Gasteiger partial charge on any atom is 0.397 e. The highest BCUT2D eigenvalue weighted by atomic mass is 32.3. The summed E-state index contributed by atoms with van der Waals surface area (Å²) in [7, 11) is -12.0. The van der Waals surface area contributed by atoms with E-state index >= 15 is 0 Å². The molecule has 29 atom stereocenters. The van der Waals surface area contributed by atoms with E-state index in [2.05, 4.69) is 8.37 Å². The van der Waals surface area contributed by atoms with Crippen molar-refractivity contribution in [1.29, 1.82) is 0 Å². The minimum Gasteiger partial charge on any atom is -0.461 e. The van der Waals surface area contributed by atoms with Crippen LogP contribution in [-0.4, -0.2) is 221 Å². The van der Waals surface area contributed by atoms with Crippen LogP contribution >= 0.6 is 0 Å². The number of carbonyl (C=O) groups is 3. The number of allylic oxidation sites excluding steroid dienone is 3. The van der Waals surface area contributed by atoms with Crippen molar-refractivity contribution in [2.45, 2.75) is 265 Å². The zero-order chi connectivity index (χ0) is 102. The van der Waals surface area contributed by atoms with E-state index in [-0.39, 0.29) is 19.4 Å². The van der Waals surface area contributed by atoms with Crippen LogP contribution in [-0.2, 0) is 86.2 Å². The fourth-order valence-electron chi connectivity index (χ4n) is 9.58. The number of nitrogens with one attached hydrogen (secondary N) is 1. The molecule has 0 aromatic rings. The van der Waals surface area contributed by atoms with Gasteiger partial charge in [0.1, 0.15) is 49.8 Å². The topological polar surface area (TPSA) is 415 Å². The van der Waals surface area contributed by atoms with E-state index in [9.17, 15) is 82.0 Å². The number of aliphatic hydroxyl groups is 7. The first-order valence-electron chi connectivity index (χ1n) is 49.0. The Morgan fingerprint density at radius 2 is 1.85 bits per heavy atom. The Kier molecular flexibility index (Phi) is 14.7. The molecule has 3 spiro atoms. The fourth-order valence-corrected chi connectivity index (χ4v) is 10.2. The molecule has 0 radical (unpaired) electrons. The number of rotatable bonds is 31. The highest BCUT2D eigenvalue weighted by Crippen LogP contribution is 2.48. The Hall–Kier alpha value is -3.97. The van der Waals surface area contributed by atoms with E-state index < -0.39 is 388 Å². The van der Waals surface area contributed by atoms with Gasteiger partial charge in [-0.05, 0) is 120 Å². The molecular formula is C65H101NO27S2. The lowest BCUT2D eigenvalue weighted by Crippen LogP contribution is -2.60. The van der Waals surface area contributed by atoms with E-state index in [1.165, 1.54) is 0 Å². The summed E-state index contributed by atoms with van der Waals surface area (Å²) in [6.07, 6.45) is -71.7. The average Bonchev–Trinajstić information content (AvgIpc) is 1.63. The lowest BCUT2D eigenvalue weighted by Gasteiger charge is -2.50. The minimum absolute atomic E-state index is 0.136. The lowest BCUT2D eigenvalue weighted by atomic mass is 10.3. The predicted molar refractivity (Wildman–Crippen MR) is 337 cm³/mol. The fraction of sp³-hybridized carbons (Fsp3) is 0.769. The highest BCUT2D eigenvalue weighted by Gasteiger charge is 2.55. The summed E-state index contributed by atoms with van der Waals surface area (Å²) >= 11 is 0. The van der Waals surface area contributed by atoms with E-state index in [0.717, 1.165) is 0 Å². The van der Waals surface area contributed by atoms with Crippen molar-refractivity contribution in [3.63, 3.8) is 0 Å². The molecule has 7 aliphatic heterocycles. The molecule has 29 unspecified atom stereocenters. The van der Waals surface area contributed by atoms with Gasteiger partial charge in [-0.1, -0.05) is 69.1 Å². The van der Waals surface area contributed by atoms with Gasteiger partial charge in [-0.15, -0.1) is 0 Å². The Bertz CT molecular complexity index is 4610. The number of ether oxygens (including phenoxy) is 9. The largest absolute Gasteiger partial charge is 0.461 e. The molecule has 95 heavy (non-hydrogen) atoms. The SMILES string of the molecule is [2H]C([2H])=C1C([13CH](O)[13CH]([2H])[13CH](C([2H])[2H])[13C]2([2H])O[13C]3([13CH2][13CH]([2H])CCO3)[13CH2][13CH]([2H])[13CH]2C([2H])[2H])O[13C]2([2H])[13CH2][13CH]([2H])[13C]3(O[13CH]2[13CH]1O)O[13C]([2H])(/[13CH]=[13C](\[2H])[13CH](C([2H])[2H])[13CH]1[13CH2]C(C([2H])[2H])=[13C]([2H])[13C]2(O1)O[13CH]([13C]([2H])([2H])[13C](O)(C([2H])[2H])[13C](=O)OC/C(C([2H])[2H])=[13C]([2H])/[13CH]=[13C](\[2H])[13CH2]OC(=O)[13CH]([2H])/[13CH]=[13C](\[2H])[13CH2][13CH]([2H])[13C](=O)NCC(O)[13CH]([2H])[13CH](O)[13C]([2H])(OS(=O)(=O)O)[13CH](O)C([2H])([2H])OS(=O)(=O)O)[13CH]([2H])[13CH2][13C]2([2H])O)[13CH2][13C]3([2H])[2H]. The molecule has 7 heterocycles. The second kappa shape index (κ2) is 34.4. The van der Waals surface area contributed by atoms with Crippen LogP contribution in [0.2, 0.25) is 0 Å². The standard InChI is InChI=1S/C65H101NO27S2/c1-39(15-11-13-29-83-55(73)17-10-8-9-16-54(72)66-36-45(67)33-49(69)59(93-95(80,81)82)50(70)38-86-94(77,78)79)37-84-61(75)62(7,76)35-47-20-21-53(71)65(89-47)34-40(2)31-52(90-65)41(3)18-19-46-23-27-64(88-46)28-24-51-60(92-64)56(74)44(6)58(87-51)48(68)32-43(5)57-42(4)22-26-63(91-57)25-12-14-30-85-63/h8,10-11,13,15,18-19,34,41-43,45-53,56-60,67-71,74,76H,6,9,12,14,16-17,20-33,35-38H2,1-5,7H3,(H,66,72)(H,77,78,79)(H,80,81,82)/b10-8+,13-11+,19-18+,39-15+/i1D2,2D2,3D2,4D2,5D2,6D2,7D2,8+1D,9+1,10+1,11+1,12+1D,13+1D,15+1D,16+1D,17+1D,18+1D,19+1,20+1D,21+1,22+1D,23+1,24+1,25+1,26+1,27+1D2,28+1D,29+1,31+1,32+1D,33+1D,34+1D,35+1D2,38D2,41+1,42+1,43+1,46+1D,47+1,48+1,49+1,50+1,51+1D,52+1,53+1D,54+1,56+1,57+1D,59+1D,60+1,61+1,62+1,63+1,64+1,65+1. The van der Waals surface area contributed by atoms with Crippen LogP contribution in [0, 0.1) is 17.8 Å². The second-order valence-electron chi connectivity index (χ2n) is 21.5. The molecule has 0 aromatic carbocycles. The Morgan fingerprint density at radius 3 is 2.58 bits per heavy atom. The smallest absolute Gasteiger partial charge is 0.397 e. The Balaban J connectivity index is 1.06. The van der Waals surface area contributed by atoms with Gasteiger partial charge in [0.2, 0.25) is 11.7 Å². The van der Waals surface area contributed by atoms with Crippen LogP contribution in [0.3, 0.4) is 0 Å². The maximum atomic E-state index is 14.2. The molecule has 10 N–H and O–H groups in total. The van der Waals surface area contributed by atoms with E-state index in [1.807, 2.05) is 5.32 Å². The zero-order valence-corrected chi connectivity index (χ0v) is 51.6. The van der Waals surface area contributed by atoms with Gasteiger partial charge in [0.05, 0.1) is 87.5 Å². The minimum atomic E-state index is -6.06. The molecule has 7 aliphatic rings. The van der Waals surface area contributed by atoms with Gasteiger partial charge in [0, 0.05) is 90.1 Å². The zero-order valence-electron chi connectivity index (χ0n) is 87.9. The third-order valence-corrected chi connectivity index (χ3v) is 14.8. The van der Waals surface area contributed by atoms with Gasteiger partial charge in [0.25, 0.3) is 0 Å². The van der Waals surface area contributed by atoms with Crippen molar-refractivity contribution < 1.29 is 179 Å².